The number of pyridine rings is 1. The molecule has 4 heterocycles. The van der Waals surface area contributed by atoms with E-state index in [1.807, 2.05) is 18.3 Å². The first kappa shape index (κ1) is 14.8. The maximum atomic E-state index is 12.4. The zero-order chi connectivity index (χ0) is 15.7. The monoisotopic (exact) mass is 327 g/mol. The van der Waals surface area contributed by atoms with E-state index in [1.165, 1.54) is 5.56 Å². The van der Waals surface area contributed by atoms with Gasteiger partial charge in [-0.05, 0) is 53.3 Å². The molecule has 0 unspecified atom stereocenters. The molecule has 2 aromatic heterocycles. The van der Waals surface area contributed by atoms with E-state index in [4.69, 9.17) is 0 Å². The van der Waals surface area contributed by atoms with Crippen molar-refractivity contribution in [3.8, 4) is 0 Å². The summed E-state index contributed by atoms with van der Waals surface area (Å²) in [5, 5.41) is 7.66. The fraction of sp³-hybridized carbons (Fsp3) is 0.444. The number of carbonyl (C=O) groups is 1. The van der Waals surface area contributed by atoms with E-state index in [-0.39, 0.29) is 17.4 Å². The number of nitrogens with one attached hydrogen (secondary N) is 1. The van der Waals surface area contributed by atoms with Gasteiger partial charge in [-0.3, -0.25) is 14.7 Å². The van der Waals surface area contributed by atoms with Gasteiger partial charge in [0.15, 0.2) is 0 Å². The molecule has 2 aliphatic rings. The Bertz CT molecular complexity index is 663. The molecule has 2 saturated heterocycles. The summed E-state index contributed by atoms with van der Waals surface area (Å²) in [6, 6.07) is 6.13. The van der Waals surface area contributed by atoms with Gasteiger partial charge >= 0.3 is 0 Å². The Morgan fingerprint density at radius 2 is 2.22 bits per heavy atom. The van der Waals surface area contributed by atoms with Crippen molar-refractivity contribution < 1.29 is 4.79 Å². The molecule has 1 atom stereocenters. The maximum Gasteiger partial charge on any atom is 0.228 e. The van der Waals surface area contributed by atoms with Crippen LogP contribution in [0.25, 0.3) is 0 Å². The molecular weight excluding hydrogens is 306 g/mol. The summed E-state index contributed by atoms with van der Waals surface area (Å²) in [5.41, 5.74) is 2.43. The molecule has 1 spiro atoms. The number of thiophene rings is 1. The van der Waals surface area contributed by atoms with Crippen LogP contribution >= 0.6 is 11.3 Å². The van der Waals surface area contributed by atoms with Gasteiger partial charge in [-0.1, -0.05) is 6.07 Å². The lowest BCUT2D eigenvalue weighted by Gasteiger charge is -2.39. The Morgan fingerprint density at radius 3 is 2.91 bits per heavy atom. The number of aromatic nitrogens is 1. The Morgan fingerprint density at radius 1 is 1.35 bits per heavy atom. The van der Waals surface area contributed by atoms with E-state index in [1.54, 1.807) is 17.5 Å². The summed E-state index contributed by atoms with van der Waals surface area (Å²) in [6.45, 7) is 3.13. The molecule has 4 rings (SSSR count). The molecule has 2 fully saturated rings. The molecule has 0 aromatic carbocycles. The minimum Gasteiger partial charge on any atom is -0.350 e. The van der Waals surface area contributed by atoms with E-state index in [0.717, 1.165) is 44.5 Å². The second kappa shape index (κ2) is 6.06. The summed E-state index contributed by atoms with van der Waals surface area (Å²) in [6.07, 6.45) is 6.58. The third-order valence-electron chi connectivity index (χ3n) is 5.19. The highest BCUT2D eigenvalue weighted by molar-refractivity contribution is 7.07. The van der Waals surface area contributed by atoms with E-state index >= 15 is 0 Å². The number of rotatable bonds is 3. The number of piperidine rings is 1. The fourth-order valence-corrected chi connectivity index (χ4v) is 4.50. The Balaban J connectivity index is 1.40. The summed E-state index contributed by atoms with van der Waals surface area (Å²) in [7, 11) is 0. The lowest BCUT2D eigenvalue weighted by Crippen LogP contribution is -2.50. The van der Waals surface area contributed by atoms with Crippen LogP contribution in [0.5, 0.6) is 0 Å². The van der Waals surface area contributed by atoms with Gasteiger partial charge in [-0.25, -0.2) is 0 Å². The number of carbonyl (C=O) groups excluding carboxylic acids is 1. The van der Waals surface area contributed by atoms with Crippen LogP contribution in [0.3, 0.4) is 0 Å². The van der Waals surface area contributed by atoms with Crippen LogP contribution < -0.4 is 5.32 Å². The molecule has 5 heteroatoms. The van der Waals surface area contributed by atoms with Crippen LogP contribution in [-0.2, 0) is 11.3 Å². The second-order valence-electron chi connectivity index (χ2n) is 6.72. The van der Waals surface area contributed by atoms with Crippen molar-refractivity contribution >= 4 is 17.2 Å². The fourth-order valence-electron chi connectivity index (χ4n) is 3.84. The Hall–Kier alpha value is -1.72. The van der Waals surface area contributed by atoms with Crippen LogP contribution in [0, 0.1) is 0 Å². The highest BCUT2D eigenvalue weighted by atomic mass is 32.1. The van der Waals surface area contributed by atoms with Gasteiger partial charge in [-0.15, -0.1) is 0 Å². The first-order chi connectivity index (χ1) is 11.2. The Kier molecular flexibility index (Phi) is 3.91. The molecule has 23 heavy (non-hydrogen) atoms. The average Bonchev–Trinajstić information content (AvgIpc) is 3.19. The van der Waals surface area contributed by atoms with Crippen molar-refractivity contribution in [1.29, 1.82) is 0 Å². The van der Waals surface area contributed by atoms with Crippen LogP contribution in [0.2, 0.25) is 0 Å². The number of nitrogens with zero attached hydrogens (tertiary/aromatic N) is 2. The lowest BCUT2D eigenvalue weighted by molar-refractivity contribution is -0.121. The average molecular weight is 327 g/mol. The predicted molar refractivity (Wildman–Crippen MR) is 91.3 cm³/mol. The first-order valence-electron chi connectivity index (χ1n) is 8.20. The number of hydrogen-bond acceptors (Lipinski definition) is 4. The van der Waals surface area contributed by atoms with Crippen molar-refractivity contribution in [3.05, 3.63) is 52.5 Å². The van der Waals surface area contributed by atoms with Crippen molar-refractivity contribution in [2.24, 2.45) is 0 Å². The molecule has 1 amide bonds. The number of amides is 1. The molecule has 2 aromatic rings. The van der Waals surface area contributed by atoms with Gasteiger partial charge in [0, 0.05) is 37.6 Å². The standard InChI is InChI=1S/C18H21N3OS/c22-17-16(15-2-1-6-19-11-15)10-18(20-17)4-7-21(8-5-18)12-14-3-9-23-13-14/h1-3,6,9,11,13,16H,4-5,7-8,10,12H2,(H,20,22)/t16-/m0/s1. The second-order valence-corrected chi connectivity index (χ2v) is 7.50. The van der Waals surface area contributed by atoms with Gasteiger partial charge in [0.05, 0.1) is 5.92 Å². The minimum atomic E-state index is -0.0351. The van der Waals surface area contributed by atoms with Crippen molar-refractivity contribution in [2.45, 2.75) is 37.3 Å². The van der Waals surface area contributed by atoms with Crippen LogP contribution in [0.1, 0.15) is 36.3 Å². The van der Waals surface area contributed by atoms with E-state index < -0.39 is 0 Å². The largest absolute Gasteiger partial charge is 0.350 e. The van der Waals surface area contributed by atoms with Gasteiger partial charge in [0.1, 0.15) is 0 Å². The van der Waals surface area contributed by atoms with Crippen molar-refractivity contribution in [1.82, 2.24) is 15.2 Å². The topological polar surface area (TPSA) is 45.2 Å². The van der Waals surface area contributed by atoms with Gasteiger partial charge in [0.2, 0.25) is 5.91 Å². The molecule has 2 aliphatic heterocycles. The Labute approximate surface area is 140 Å². The third kappa shape index (κ3) is 3.03. The van der Waals surface area contributed by atoms with Crippen LogP contribution in [0.4, 0.5) is 0 Å². The predicted octanol–water partition coefficient (Wildman–Crippen LogP) is 2.78. The zero-order valence-corrected chi connectivity index (χ0v) is 13.9. The highest BCUT2D eigenvalue weighted by Crippen LogP contribution is 2.39. The number of hydrogen-bond donors (Lipinski definition) is 1. The first-order valence-corrected chi connectivity index (χ1v) is 9.14. The summed E-state index contributed by atoms with van der Waals surface area (Å²) < 4.78 is 0. The smallest absolute Gasteiger partial charge is 0.228 e. The zero-order valence-electron chi connectivity index (χ0n) is 13.1. The molecular formula is C18H21N3OS. The summed E-state index contributed by atoms with van der Waals surface area (Å²) >= 11 is 1.76. The third-order valence-corrected chi connectivity index (χ3v) is 5.92. The quantitative estimate of drug-likeness (QED) is 0.943. The molecule has 0 aliphatic carbocycles. The van der Waals surface area contributed by atoms with Crippen LogP contribution in [0.15, 0.2) is 41.4 Å². The van der Waals surface area contributed by atoms with Gasteiger partial charge in [0.25, 0.3) is 0 Å². The molecule has 0 saturated carbocycles. The van der Waals surface area contributed by atoms with E-state index in [9.17, 15) is 4.79 Å². The summed E-state index contributed by atoms with van der Waals surface area (Å²) in [5.74, 6) is 0.136. The van der Waals surface area contributed by atoms with Crippen molar-refractivity contribution in [2.75, 3.05) is 13.1 Å². The van der Waals surface area contributed by atoms with E-state index in [2.05, 4.69) is 32.0 Å². The normalized spacial score (nSPS) is 24.0. The molecule has 1 N–H and O–H groups in total. The molecule has 0 radical (unpaired) electrons. The van der Waals surface area contributed by atoms with Gasteiger partial charge < -0.3 is 5.32 Å². The van der Waals surface area contributed by atoms with Crippen molar-refractivity contribution in [3.63, 3.8) is 0 Å². The summed E-state index contributed by atoms with van der Waals surface area (Å²) in [4.78, 5) is 19.1. The van der Waals surface area contributed by atoms with E-state index in [0.29, 0.717) is 0 Å². The molecule has 0 bridgehead atoms. The maximum absolute atomic E-state index is 12.4. The number of likely N-dealkylation sites (tertiary alicyclic amines) is 1. The van der Waals surface area contributed by atoms with Gasteiger partial charge in [-0.2, -0.15) is 11.3 Å². The lowest BCUT2D eigenvalue weighted by atomic mass is 9.82. The minimum absolute atomic E-state index is 0.0112. The molecule has 4 nitrogen and oxygen atoms in total. The highest BCUT2D eigenvalue weighted by Gasteiger charge is 2.46. The molecule has 120 valence electrons. The van der Waals surface area contributed by atoms with Crippen LogP contribution in [-0.4, -0.2) is 34.4 Å². The SMILES string of the molecule is O=C1NC2(CCN(Cc3ccsc3)CC2)C[C@H]1c1cccnc1.